The number of carbonyl (C=O) groups excluding carboxylic acids is 1. The topological polar surface area (TPSA) is 90.1 Å². The SMILES string of the molecule is COc1cccc(CNC(=O)CSc2nc(C)cc(N)n2)c1. The van der Waals surface area contributed by atoms with Crippen molar-refractivity contribution in [2.24, 2.45) is 0 Å². The smallest absolute Gasteiger partial charge is 0.230 e. The number of anilines is 1. The zero-order valence-electron chi connectivity index (χ0n) is 12.5. The molecule has 3 N–H and O–H groups in total. The highest BCUT2D eigenvalue weighted by molar-refractivity contribution is 7.99. The highest BCUT2D eigenvalue weighted by Gasteiger charge is 2.06. The van der Waals surface area contributed by atoms with Crippen LogP contribution in [0, 0.1) is 6.92 Å². The van der Waals surface area contributed by atoms with Crippen molar-refractivity contribution in [3.05, 3.63) is 41.6 Å². The van der Waals surface area contributed by atoms with Crippen LogP contribution in [0.15, 0.2) is 35.5 Å². The van der Waals surface area contributed by atoms with Crippen molar-refractivity contribution >= 4 is 23.5 Å². The zero-order chi connectivity index (χ0) is 15.9. The minimum Gasteiger partial charge on any atom is -0.497 e. The second-order valence-electron chi connectivity index (χ2n) is 4.63. The fourth-order valence-electron chi connectivity index (χ4n) is 1.79. The van der Waals surface area contributed by atoms with Crippen LogP contribution in [0.25, 0.3) is 0 Å². The van der Waals surface area contributed by atoms with Crippen LogP contribution in [0.3, 0.4) is 0 Å². The molecule has 1 heterocycles. The second-order valence-corrected chi connectivity index (χ2v) is 5.58. The second kappa shape index (κ2) is 7.65. The van der Waals surface area contributed by atoms with E-state index in [2.05, 4.69) is 15.3 Å². The molecule has 6 nitrogen and oxygen atoms in total. The molecule has 1 amide bonds. The first-order chi connectivity index (χ1) is 10.6. The molecule has 7 heteroatoms. The lowest BCUT2D eigenvalue weighted by Gasteiger charge is -2.07. The summed E-state index contributed by atoms with van der Waals surface area (Å²) in [6.45, 7) is 2.29. The van der Waals surface area contributed by atoms with E-state index in [9.17, 15) is 4.79 Å². The summed E-state index contributed by atoms with van der Waals surface area (Å²) in [4.78, 5) is 20.2. The van der Waals surface area contributed by atoms with E-state index >= 15 is 0 Å². The van der Waals surface area contributed by atoms with E-state index in [0.29, 0.717) is 17.5 Å². The first-order valence-corrected chi connectivity index (χ1v) is 7.69. The number of aromatic nitrogens is 2. The number of rotatable bonds is 6. The van der Waals surface area contributed by atoms with Crippen molar-refractivity contribution in [2.75, 3.05) is 18.6 Å². The molecule has 22 heavy (non-hydrogen) atoms. The largest absolute Gasteiger partial charge is 0.497 e. The number of amides is 1. The van der Waals surface area contributed by atoms with E-state index in [4.69, 9.17) is 10.5 Å². The fraction of sp³-hybridized carbons (Fsp3) is 0.267. The summed E-state index contributed by atoms with van der Waals surface area (Å²) in [5, 5.41) is 3.36. The molecule has 2 aromatic rings. The van der Waals surface area contributed by atoms with E-state index in [1.54, 1.807) is 13.2 Å². The van der Waals surface area contributed by atoms with Crippen LogP contribution in [0.2, 0.25) is 0 Å². The number of ether oxygens (including phenoxy) is 1. The molecule has 2 rings (SSSR count). The predicted molar refractivity (Wildman–Crippen MR) is 86.7 cm³/mol. The summed E-state index contributed by atoms with van der Waals surface area (Å²) in [5.74, 6) is 1.33. The normalized spacial score (nSPS) is 10.3. The number of nitrogens with one attached hydrogen (secondary N) is 1. The van der Waals surface area contributed by atoms with Gasteiger partial charge in [-0.05, 0) is 24.6 Å². The molecule has 0 aliphatic heterocycles. The van der Waals surface area contributed by atoms with Gasteiger partial charge in [0.2, 0.25) is 5.91 Å². The van der Waals surface area contributed by atoms with Crippen molar-refractivity contribution in [3.63, 3.8) is 0 Å². The number of aryl methyl sites for hydroxylation is 1. The van der Waals surface area contributed by atoms with Gasteiger partial charge in [-0.3, -0.25) is 4.79 Å². The molecule has 0 atom stereocenters. The van der Waals surface area contributed by atoms with Gasteiger partial charge in [0, 0.05) is 18.3 Å². The maximum atomic E-state index is 11.9. The first-order valence-electron chi connectivity index (χ1n) is 6.70. The van der Waals surface area contributed by atoms with Crippen molar-refractivity contribution < 1.29 is 9.53 Å². The summed E-state index contributed by atoms with van der Waals surface area (Å²) in [5.41, 5.74) is 7.42. The average molecular weight is 318 g/mol. The van der Waals surface area contributed by atoms with Gasteiger partial charge in [-0.1, -0.05) is 23.9 Å². The van der Waals surface area contributed by atoms with Crippen LogP contribution >= 0.6 is 11.8 Å². The molecule has 1 aromatic carbocycles. The van der Waals surface area contributed by atoms with Gasteiger partial charge >= 0.3 is 0 Å². The summed E-state index contributed by atoms with van der Waals surface area (Å²) in [6.07, 6.45) is 0. The van der Waals surface area contributed by atoms with E-state index < -0.39 is 0 Å². The molecule has 0 fully saturated rings. The Balaban J connectivity index is 1.82. The summed E-state index contributed by atoms with van der Waals surface area (Å²) in [6, 6.07) is 9.25. The number of hydrogen-bond acceptors (Lipinski definition) is 6. The molecule has 0 aliphatic carbocycles. The van der Waals surface area contributed by atoms with E-state index in [0.717, 1.165) is 17.0 Å². The Hall–Kier alpha value is -2.28. The quantitative estimate of drug-likeness (QED) is 0.623. The number of benzene rings is 1. The highest BCUT2D eigenvalue weighted by atomic mass is 32.2. The lowest BCUT2D eigenvalue weighted by molar-refractivity contribution is -0.118. The van der Waals surface area contributed by atoms with Crippen molar-refractivity contribution in [1.29, 1.82) is 0 Å². The van der Waals surface area contributed by atoms with Crippen molar-refractivity contribution in [3.8, 4) is 5.75 Å². The highest BCUT2D eigenvalue weighted by Crippen LogP contribution is 2.15. The van der Waals surface area contributed by atoms with E-state index in [1.165, 1.54) is 11.8 Å². The third-order valence-electron chi connectivity index (χ3n) is 2.81. The maximum Gasteiger partial charge on any atom is 0.230 e. The number of methoxy groups -OCH3 is 1. The Morgan fingerprint density at radius 2 is 2.18 bits per heavy atom. The molecule has 1 aromatic heterocycles. The number of nitrogens with two attached hydrogens (primary N) is 1. The molecular weight excluding hydrogens is 300 g/mol. The van der Waals surface area contributed by atoms with Crippen LogP contribution in [0.4, 0.5) is 5.82 Å². The van der Waals surface area contributed by atoms with Gasteiger partial charge < -0.3 is 15.8 Å². The Morgan fingerprint density at radius 1 is 1.36 bits per heavy atom. The lowest BCUT2D eigenvalue weighted by atomic mass is 10.2. The van der Waals surface area contributed by atoms with Crippen LogP contribution in [0.1, 0.15) is 11.3 Å². The Labute approximate surface area is 133 Å². The number of carbonyl (C=O) groups is 1. The fourth-order valence-corrected chi connectivity index (χ4v) is 2.53. The standard InChI is InChI=1S/C15H18N4O2S/c1-10-6-13(16)19-15(18-10)22-9-14(20)17-8-11-4-3-5-12(7-11)21-2/h3-7H,8-9H2,1-2H3,(H,17,20)(H2,16,18,19). The molecule has 0 bridgehead atoms. The molecule has 0 saturated carbocycles. The molecule has 0 saturated heterocycles. The first kappa shape index (κ1) is 16.1. The van der Waals surface area contributed by atoms with E-state index in [1.807, 2.05) is 31.2 Å². The van der Waals surface area contributed by atoms with Crippen LogP contribution < -0.4 is 15.8 Å². The molecule has 116 valence electrons. The number of thioether (sulfide) groups is 1. The zero-order valence-corrected chi connectivity index (χ0v) is 13.3. The molecule has 0 radical (unpaired) electrons. The van der Waals surface area contributed by atoms with Crippen LogP contribution in [-0.4, -0.2) is 28.7 Å². The van der Waals surface area contributed by atoms with Crippen LogP contribution in [-0.2, 0) is 11.3 Å². The molecule has 0 spiro atoms. The predicted octanol–water partition coefficient (Wildman–Crippen LogP) is 1.78. The van der Waals surface area contributed by atoms with Gasteiger partial charge in [0.1, 0.15) is 11.6 Å². The molecular formula is C15H18N4O2S. The van der Waals surface area contributed by atoms with Gasteiger partial charge in [0.05, 0.1) is 12.9 Å². The summed E-state index contributed by atoms with van der Waals surface area (Å²) in [7, 11) is 1.61. The van der Waals surface area contributed by atoms with Crippen molar-refractivity contribution in [1.82, 2.24) is 15.3 Å². The summed E-state index contributed by atoms with van der Waals surface area (Å²) < 4.78 is 5.14. The van der Waals surface area contributed by atoms with Gasteiger partial charge in [0.25, 0.3) is 0 Å². The average Bonchev–Trinajstić information content (AvgIpc) is 2.50. The molecule has 0 aliphatic rings. The van der Waals surface area contributed by atoms with Gasteiger partial charge in [-0.15, -0.1) is 0 Å². The lowest BCUT2D eigenvalue weighted by Crippen LogP contribution is -2.24. The monoisotopic (exact) mass is 318 g/mol. The third kappa shape index (κ3) is 4.92. The van der Waals surface area contributed by atoms with Gasteiger partial charge in [-0.25, -0.2) is 9.97 Å². The summed E-state index contributed by atoms with van der Waals surface area (Å²) >= 11 is 1.26. The van der Waals surface area contributed by atoms with Gasteiger partial charge in [0.15, 0.2) is 5.16 Å². The van der Waals surface area contributed by atoms with Crippen LogP contribution in [0.5, 0.6) is 5.75 Å². The molecule has 0 unspecified atom stereocenters. The Morgan fingerprint density at radius 3 is 2.91 bits per heavy atom. The Bertz CT molecular complexity index is 643. The number of nitrogen functional groups attached to an aromatic ring is 1. The van der Waals surface area contributed by atoms with E-state index in [-0.39, 0.29) is 11.7 Å². The number of nitrogens with zero attached hydrogens (tertiary/aromatic N) is 2. The maximum absolute atomic E-state index is 11.9. The third-order valence-corrected chi connectivity index (χ3v) is 3.66. The van der Waals surface area contributed by atoms with Crippen molar-refractivity contribution in [2.45, 2.75) is 18.6 Å². The van der Waals surface area contributed by atoms with Gasteiger partial charge in [-0.2, -0.15) is 0 Å². The minimum atomic E-state index is -0.0866. The minimum absolute atomic E-state index is 0.0866. The number of hydrogen-bond donors (Lipinski definition) is 2. The Kier molecular flexibility index (Phi) is 5.60.